The molecule has 2 aromatic rings. The molecule has 1 aliphatic rings. The summed E-state index contributed by atoms with van der Waals surface area (Å²) in [7, 11) is 0. The first-order chi connectivity index (χ1) is 11.8. The quantitative estimate of drug-likeness (QED) is 0.845. The average Bonchev–Trinajstić information content (AvgIpc) is 2.67. The normalized spacial score (nSPS) is 14.1. The monoisotopic (exact) mass is 323 g/mol. The third-order valence-corrected chi connectivity index (χ3v) is 4.06. The number of benzene rings is 1. The molecule has 1 saturated heterocycles. The van der Waals surface area contributed by atoms with E-state index < -0.39 is 0 Å². The van der Waals surface area contributed by atoms with E-state index in [0.29, 0.717) is 24.4 Å². The maximum atomic E-state index is 12.3. The molecule has 0 atom stereocenters. The van der Waals surface area contributed by atoms with Crippen LogP contribution in [0.2, 0.25) is 0 Å². The molecule has 0 spiro atoms. The Morgan fingerprint density at radius 3 is 2.54 bits per heavy atom. The minimum Gasteiger partial charge on any atom is -0.482 e. The molecule has 3 rings (SSSR count). The van der Waals surface area contributed by atoms with Gasteiger partial charge in [0.1, 0.15) is 11.8 Å². The third-order valence-electron chi connectivity index (χ3n) is 4.06. The Bertz CT molecular complexity index is 734. The summed E-state index contributed by atoms with van der Waals surface area (Å²) in [6.45, 7) is 2.88. The van der Waals surface area contributed by atoms with E-state index in [9.17, 15) is 4.79 Å². The van der Waals surface area contributed by atoms with Gasteiger partial charge in [0, 0.05) is 44.0 Å². The number of carbonyl (C=O) groups is 1. The molecule has 0 saturated carbocycles. The van der Waals surface area contributed by atoms with Gasteiger partial charge >= 0.3 is 0 Å². The van der Waals surface area contributed by atoms with Gasteiger partial charge in [-0.25, -0.2) is 4.98 Å². The van der Waals surface area contributed by atoms with Crippen LogP contribution in [0.5, 0.6) is 5.75 Å². The number of para-hydroxylation sites is 1. The number of H-pyrrole nitrogens is 1. The van der Waals surface area contributed by atoms with Crippen molar-refractivity contribution in [2.75, 3.05) is 37.7 Å². The van der Waals surface area contributed by atoms with Crippen LogP contribution in [0.15, 0.2) is 48.8 Å². The van der Waals surface area contributed by atoms with E-state index in [2.05, 4.69) is 16.0 Å². The molecule has 1 aromatic carbocycles. The minimum absolute atomic E-state index is 0.0427. The summed E-state index contributed by atoms with van der Waals surface area (Å²) in [5, 5.41) is 9.04. The number of hydrogen-bond acceptors (Lipinski definition) is 4. The number of aromatic nitrogens is 1. The number of piperazine rings is 1. The molecule has 0 aliphatic carbocycles. The molecule has 1 fully saturated rings. The Labute approximate surface area is 140 Å². The van der Waals surface area contributed by atoms with Gasteiger partial charge in [-0.2, -0.15) is 5.26 Å². The molecule has 0 radical (unpaired) electrons. The molecule has 0 unspecified atom stereocenters. The first-order valence-electron chi connectivity index (χ1n) is 7.88. The van der Waals surface area contributed by atoms with E-state index in [1.807, 2.05) is 24.5 Å². The number of nitriles is 1. The molecule has 24 heavy (non-hydrogen) atoms. The molecule has 1 aliphatic heterocycles. The van der Waals surface area contributed by atoms with Crippen LogP contribution < -0.4 is 14.6 Å². The summed E-state index contributed by atoms with van der Waals surface area (Å²) in [5.74, 6) is 0.399. The van der Waals surface area contributed by atoms with Crippen molar-refractivity contribution in [1.29, 1.82) is 5.26 Å². The van der Waals surface area contributed by atoms with Gasteiger partial charge in [0.2, 0.25) is 0 Å². The Morgan fingerprint density at radius 1 is 1.12 bits per heavy atom. The third kappa shape index (κ3) is 3.63. The van der Waals surface area contributed by atoms with E-state index in [4.69, 9.17) is 10.00 Å². The molecule has 122 valence electrons. The molecule has 1 amide bonds. The van der Waals surface area contributed by atoms with Crippen molar-refractivity contribution < 1.29 is 14.5 Å². The van der Waals surface area contributed by atoms with Gasteiger partial charge in [-0.15, -0.1) is 0 Å². The highest BCUT2D eigenvalue weighted by Crippen LogP contribution is 2.17. The fourth-order valence-electron chi connectivity index (χ4n) is 2.72. The first kappa shape index (κ1) is 15.8. The molecule has 0 bridgehead atoms. The van der Waals surface area contributed by atoms with Crippen molar-refractivity contribution >= 4 is 11.6 Å². The van der Waals surface area contributed by atoms with Crippen LogP contribution in [-0.2, 0) is 4.79 Å². The SMILES string of the molecule is N#Cc1ccccc1OCC(=O)N1CCN(c2cc[nH+]cc2)CC1. The predicted molar refractivity (Wildman–Crippen MR) is 88.4 cm³/mol. The Hall–Kier alpha value is -3.07. The fourth-order valence-corrected chi connectivity index (χ4v) is 2.72. The average molecular weight is 323 g/mol. The number of ether oxygens (including phenoxy) is 1. The summed E-state index contributed by atoms with van der Waals surface area (Å²) in [6.07, 6.45) is 3.79. The molecule has 2 heterocycles. The number of amides is 1. The van der Waals surface area contributed by atoms with Crippen molar-refractivity contribution in [2.45, 2.75) is 0 Å². The molecule has 6 nitrogen and oxygen atoms in total. The zero-order valence-electron chi connectivity index (χ0n) is 13.3. The molecule has 1 aromatic heterocycles. The smallest absolute Gasteiger partial charge is 0.260 e. The summed E-state index contributed by atoms with van der Waals surface area (Å²) in [5.41, 5.74) is 1.59. The summed E-state index contributed by atoms with van der Waals surface area (Å²) in [6, 6.07) is 13.1. The van der Waals surface area contributed by atoms with Crippen LogP contribution in [0.1, 0.15) is 5.56 Å². The van der Waals surface area contributed by atoms with Gasteiger partial charge in [0.05, 0.1) is 5.56 Å². The lowest BCUT2D eigenvalue weighted by Crippen LogP contribution is -2.50. The van der Waals surface area contributed by atoms with Gasteiger partial charge in [-0.1, -0.05) is 12.1 Å². The first-order valence-corrected chi connectivity index (χ1v) is 7.88. The zero-order chi connectivity index (χ0) is 16.8. The number of anilines is 1. The zero-order valence-corrected chi connectivity index (χ0v) is 13.3. The molecule has 1 N–H and O–H groups in total. The second kappa shape index (κ2) is 7.47. The molecule has 6 heteroatoms. The Morgan fingerprint density at radius 2 is 1.83 bits per heavy atom. The lowest BCUT2D eigenvalue weighted by atomic mass is 10.2. The van der Waals surface area contributed by atoms with Crippen molar-refractivity contribution in [2.24, 2.45) is 0 Å². The van der Waals surface area contributed by atoms with Gasteiger partial charge < -0.3 is 14.5 Å². The fraction of sp³-hybridized carbons (Fsp3) is 0.278. The molecular weight excluding hydrogens is 304 g/mol. The standard InChI is InChI=1S/C18H18N4O2/c19-13-15-3-1-2-4-17(15)24-14-18(23)22-11-9-21(10-12-22)16-5-7-20-8-6-16/h1-8H,9-12,14H2/p+1. The second-order valence-corrected chi connectivity index (χ2v) is 5.52. The van der Waals surface area contributed by atoms with E-state index in [-0.39, 0.29) is 12.5 Å². The van der Waals surface area contributed by atoms with E-state index in [1.54, 1.807) is 29.2 Å². The van der Waals surface area contributed by atoms with Gasteiger partial charge in [0.25, 0.3) is 5.91 Å². The number of hydrogen-bond donors (Lipinski definition) is 0. The lowest BCUT2D eigenvalue weighted by molar-refractivity contribution is -0.377. The van der Waals surface area contributed by atoms with Crippen LogP contribution in [-0.4, -0.2) is 43.6 Å². The number of rotatable bonds is 4. The summed E-state index contributed by atoms with van der Waals surface area (Å²) < 4.78 is 5.52. The largest absolute Gasteiger partial charge is 0.482 e. The minimum atomic E-state index is -0.0520. The van der Waals surface area contributed by atoms with Crippen LogP contribution >= 0.6 is 0 Å². The highest BCUT2D eigenvalue weighted by Gasteiger charge is 2.22. The van der Waals surface area contributed by atoms with Crippen LogP contribution in [0.3, 0.4) is 0 Å². The number of carbonyl (C=O) groups excluding carboxylic acids is 1. The van der Waals surface area contributed by atoms with E-state index in [0.717, 1.165) is 18.8 Å². The van der Waals surface area contributed by atoms with Gasteiger partial charge in [-0.05, 0) is 12.1 Å². The Kier molecular flexibility index (Phi) is 4.92. The molecular formula is C18H19N4O2+. The van der Waals surface area contributed by atoms with Crippen LogP contribution in [0, 0.1) is 11.3 Å². The summed E-state index contributed by atoms with van der Waals surface area (Å²) in [4.78, 5) is 19.4. The van der Waals surface area contributed by atoms with Crippen molar-refractivity contribution in [3.63, 3.8) is 0 Å². The number of aromatic amines is 1. The van der Waals surface area contributed by atoms with Gasteiger partial charge in [0.15, 0.2) is 19.0 Å². The van der Waals surface area contributed by atoms with Crippen molar-refractivity contribution in [3.05, 3.63) is 54.4 Å². The predicted octanol–water partition coefficient (Wildman–Crippen LogP) is 1.10. The maximum absolute atomic E-state index is 12.3. The van der Waals surface area contributed by atoms with Crippen molar-refractivity contribution in [3.8, 4) is 11.8 Å². The number of nitrogens with zero attached hydrogens (tertiary/aromatic N) is 3. The van der Waals surface area contributed by atoms with Crippen LogP contribution in [0.25, 0.3) is 0 Å². The maximum Gasteiger partial charge on any atom is 0.260 e. The highest BCUT2D eigenvalue weighted by molar-refractivity contribution is 5.78. The van der Waals surface area contributed by atoms with E-state index in [1.165, 1.54) is 0 Å². The number of pyridine rings is 1. The van der Waals surface area contributed by atoms with Crippen LogP contribution in [0.4, 0.5) is 5.69 Å². The van der Waals surface area contributed by atoms with Gasteiger partial charge in [-0.3, -0.25) is 4.79 Å². The Balaban J connectivity index is 1.51. The topological polar surface area (TPSA) is 70.7 Å². The number of nitrogens with one attached hydrogen (secondary N) is 1. The van der Waals surface area contributed by atoms with Crippen molar-refractivity contribution in [1.82, 2.24) is 4.90 Å². The lowest BCUT2D eigenvalue weighted by Gasteiger charge is -2.35. The highest BCUT2D eigenvalue weighted by atomic mass is 16.5. The second-order valence-electron chi connectivity index (χ2n) is 5.52. The van der Waals surface area contributed by atoms with E-state index >= 15 is 0 Å². The summed E-state index contributed by atoms with van der Waals surface area (Å²) >= 11 is 0.